The molecule has 0 aliphatic rings. The van der Waals surface area contributed by atoms with Crippen LogP contribution in [0.1, 0.15) is 27.6 Å². The number of carbonyl (C=O) groups is 3. The topological polar surface area (TPSA) is 129 Å². The van der Waals surface area contributed by atoms with Crippen LogP contribution in [0.15, 0.2) is 96.8 Å². The summed E-state index contributed by atoms with van der Waals surface area (Å²) in [5.74, 6) is -1.12. The van der Waals surface area contributed by atoms with Gasteiger partial charge in [-0.15, -0.1) is 0 Å². The normalized spacial score (nSPS) is 11.6. The van der Waals surface area contributed by atoms with Gasteiger partial charge in [-0.1, -0.05) is 66.7 Å². The summed E-state index contributed by atoms with van der Waals surface area (Å²) in [7, 11) is -4.16. The zero-order valence-electron chi connectivity index (χ0n) is 21.5. The zero-order chi connectivity index (χ0) is 28.5. The summed E-state index contributed by atoms with van der Waals surface area (Å²) in [6.07, 6.45) is 1.17. The predicted octanol–water partition coefficient (Wildman–Crippen LogP) is 5.90. The van der Waals surface area contributed by atoms with Gasteiger partial charge in [0.15, 0.2) is 0 Å². The van der Waals surface area contributed by atoms with Crippen molar-refractivity contribution in [1.82, 2.24) is 5.06 Å². The Kier molecular flexibility index (Phi) is 9.42. The number of esters is 2. The van der Waals surface area contributed by atoms with E-state index < -0.39 is 39.0 Å². The van der Waals surface area contributed by atoms with Gasteiger partial charge in [0.05, 0.1) is 17.7 Å². The monoisotopic (exact) mass is 563 g/mol. The number of benzene rings is 4. The Morgan fingerprint density at radius 1 is 0.750 bits per heavy atom. The lowest BCUT2D eigenvalue weighted by Crippen LogP contribution is -2.24. The largest absolute Gasteiger partial charge is 0.434 e. The Bertz CT molecular complexity index is 1520. The molecule has 4 rings (SSSR count). The molecule has 0 radical (unpaired) electrons. The van der Waals surface area contributed by atoms with Gasteiger partial charge in [-0.25, -0.2) is 14.7 Å². The molecule has 0 aliphatic heterocycles. The van der Waals surface area contributed by atoms with Gasteiger partial charge in [0.2, 0.25) is 19.5 Å². The van der Waals surface area contributed by atoms with Gasteiger partial charge >= 0.3 is 19.5 Å². The van der Waals surface area contributed by atoms with Crippen LogP contribution >= 0.6 is 7.60 Å². The van der Waals surface area contributed by atoms with E-state index in [9.17, 15) is 24.2 Å². The fraction of sp³-hybridized carbons (Fsp3) is 0.138. The number of hydrogen-bond acceptors (Lipinski definition) is 9. The molecule has 206 valence electrons. The number of ether oxygens (including phenoxy) is 2. The molecule has 0 aliphatic carbocycles. The van der Waals surface area contributed by atoms with Gasteiger partial charge in [-0.05, 0) is 45.8 Å². The third-order valence-electron chi connectivity index (χ3n) is 5.75. The third kappa shape index (κ3) is 7.62. The molecule has 0 fully saturated rings. The molecule has 4 aromatic carbocycles. The first-order valence-corrected chi connectivity index (χ1v) is 13.7. The minimum Gasteiger partial charge on any atom is -0.434 e. The molecular formula is C29H26NO9P. The Morgan fingerprint density at radius 3 is 1.65 bits per heavy atom. The summed E-state index contributed by atoms with van der Waals surface area (Å²) in [5, 5.41) is 13.5. The van der Waals surface area contributed by atoms with Crippen LogP contribution in [-0.2, 0) is 27.9 Å². The van der Waals surface area contributed by atoms with Gasteiger partial charge in [0.25, 0.3) is 0 Å². The fourth-order valence-electron chi connectivity index (χ4n) is 3.63. The quantitative estimate of drug-likeness (QED) is 0.0780. The lowest BCUT2D eigenvalue weighted by Gasteiger charge is -2.16. The number of rotatable bonds is 11. The van der Waals surface area contributed by atoms with E-state index in [2.05, 4.69) is 0 Å². The zero-order valence-corrected chi connectivity index (χ0v) is 22.4. The summed E-state index contributed by atoms with van der Waals surface area (Å²) in [4.78, 5) is 36.2. The highest BCUT2D eigenvalue weighted by atomic mass is 31.2. The number of amides is 1. The Hall–Kier alpha value is -4.34. The van der Waals surface area contributed by atoms with E-state index in [1.807, 2.05) is 48.5 Å². The summed E-state index contributed by atoms with van der Waals surface area (Å²) in [6.45, 7) is -0.679. The maximum Gasteiger partial charge on any atom is 0.359 e. The summed E-state index contributed by atoms with van der Waals surface area (Å²) in [5.41, 5.74) is 0.519. The van der Waals surface area contributed by atoms with E-state index >= 15 is 0 Å². The molecule has 0 unspecified atom stereocenters. The van der Waals surface area contributed by atoms with Crippen LogP contribution in [0.2, 0.25) is 0 Å². The van der Waals surface area contributed by atoms with Crippen LogP contribution in [0.5, 0.6) is 0 Å². The maximum atomic E-state index is 13.3. The van der Waals surface area contributed by atoms with Crippen molar-refractivity contribution in [3.05, 3.63) is 108 Å². The third-order valence-corrected chi connectivity index (χ3v) is 7.25. The van der Waals surface area contributed by atoms with Crippen molar-refractivity contribution in [1.29, 1.82) is 0 Å². The molecule has 11 heteroatoms. The Labute approximate surface area is 229 Å². The second-order valence-electron chi connectivity index (χ2n) is 8.51. The first-order chi connectivity index (χ1) is 19.2. The van der Waals surface area contributed by atoms with Crippen molar-refractivity contribution >= 4 is 47.0 Å². The molecule has 0 saturated carbocycles. The molecule has 1 N–H and O–H groups in total. The average molecular weight is 563 g/mol. The highest BCUT2D eigenvalue weighted by Gasteiger charge is 2.24. The van der Waals surface area contributed by atoms with Gasteiger partial charge in [-0.3, -0.25) is 23.6 Å². The maximum absolute atomic E-state index is 13.3. The highest BCUT2D eigenvalue weighted by molar-refractivity contribution is 7.57. The molecule has 0 aromatic heterocycles. The molecular weight excluding hydrogens is 537 g/mol. The molecule has 0 spiro atoms. The lowest BCUT2D eigenvalue weighted by molar-refractivity contribution is -0.160. The number of nitrogens with zero attached hydrogens (tertiary/aromatic N) is 1. The van der Waals surface area contributed by atoms with Gasteiger partial charge in [-0.2, -0.15) is 0 Å². The first kappa shape index (κ1) is 28.7. The predicted molar refractivity (Wildman–Crippen MR) is 147 cm³/mol. The molecule has 0 heterocycles. The molecule has 1 amide bonds. The molecule has 0 atom stereocenters. The second-order valence-corrected chi connectivity index (χ2v) is 10.4. The average Bonchev–Trinajstić information content (AvgIpc) is 2.96. The van der Waals surface area contributed by atoms with Crippen molar-refractivity contribution < 1.29 is 42.7 Å². The smallest absolute Gasteiger partial charge is 0.359 e. The minimum atomic E-state index is -4.16. The van der Waals surface area contributed by atoms with Crippen LogP contribution in [0, 0.1) is 0 Å². The fourth-order valence-corrected chi connectivity index (χ4v) is 4.63. The van der Waals surface area contributed by atoms with E-state index in [1.165, 1.54) is 6.08 Å². The number of hydrogen-bond donors (Lipinski definition) is 1. The summed E-state index contributed by atoms with van der Waals surface area (Å²) >= 11 is 0. The summed E-state index contributed by atoms with van der Waals surface area (Å²) in [6, 6.07) is 25.0. The van der Waals surface area contributed by atoms with Crippen LogP contribution in [-0.4, -0.2) is 48.2 Å². The minimum absolute atomic E-state index is 0.260. The molecule has 0 bridgehead atoms. The highest BCUT2D eigenvalue weighted by Crippen LogP contribution is 2.49. The Morgan fingerprint density at radius 2 is 1.20 bits per heavy atom. The van der Waals surface area contributed by atoms with Crippen molar-refractivity contribution in [2.45, 2.75) is 6.92 Å². The second kappa shape index (κ2) is 13.1. The molecule has 10 nitrogen and oxygen atoms in total. The molecule has 40 heavy (non-hydrogen) atoms. The number of fused-ring (bicyclic) bond motifs is 2. The molecule has 4 aromatic rings. The standard InChI is InChI=1S/C29H26NO9P/c1-21(31)30(34)15-6-16-40(35,38-19-36-28(32)26-13-11-22-7-2-4-9-24(22)17-26)39-20-37-29(33)27-14-12-23-8-3-5-10-25(23)18-27/h2-14,16-18,34H,15,19-20H2,1H3/b16-6+. The van der Waals surface area contributed by atoms with Crippen molar-refractivity contribution in [2.75, 3.05) is 20.1 Å². The number of hydroxylamine groups is 2. The number of carbonyl (C=O) groups excluding carboxylic acids is 3. The van der Waals surface area contributed by atoms with Crippen molar-refractivity contribution in [2.24, 2.45) is 0 Å². The van der Waals surface area contributed by atoms with E-state index in [0.29, 0.717) is 5.06 Å². The van der Waals surface area contributed by atoms with E-state index in [0.717, 1.165) is 34.3 Å². The van der Waals surface area contributed by atoms with Gasteiger partial charge < -0.3 is 9.47 Å². The van der Waals surface area contributed by atoms with Gasteiger partial charge in [0, 0.05) is 12.7 Å². The van der Waals surface area contributed by atoms with Crippen molar-refractivity contribution in [3.8, 4) is 0 Å². The lowest BCUT2D eigenvalue weighted by atomic mass is 10.1. The van der Waals surface area contributed by atoms with Crippen LogP contribution < -0.4 is 0 Å². The van der Waals surface area contributed by atoms with E-state index in [-0.39, 0.29) is 17.7 Å². The van der Waals surface area contributed by atoms with Crippen molar-refractivity contribution in [3.63, 3.8) is 0 Å². The molecule has 0 saturated heterocycles. The SMILES string of the molecule is CC(=O)N(O)C/C=C/P(=O)(OCOC(=O)c1ccc2ccccc2c1)OCOC(=O)c1ccc2ccccc2c1. The Balaban J connectivity index is 1.37. The van der Waals surface area contributed by atoms with E-state index in [1.54, 1.807) is 36.4 Å². The van der Waals surface area contributed by atoms with Crippen LogP contribution in [0.25, 0.3) is 21.5 Å². The first-order valence-electron chi connectivity index (χ1n) is 12.1. The summed E-state index contributed by atoms with van der Waals surface area (Å²) < 4.78 is 33.9. The van der Waals surface area contributed by atoms with Crippen LogP contribution in [0.3, 0.4) is 0 Å². The van der Waals surface area contributed by atoms with Gasteiger partial charge in [0.1, 0.15) is 0 Å². The van der Waals surface area contributed by atoms with Crippen LogP contribution in [0.4, 0.5) is 0 Å². The van der Waals surface area contributed by atoms with E-state index in [4.69, 9.17) is 18.5 Å².